The molecule has 3 heterocycles. The van der Waals surface area contributed by atoms with Crippen LogP contribution in [0.15, 0.2) is 79.5 Å². The van der Waals surface area contributed by atoms with Crippen molar-refractivity contribution in [1.29, 1.82) is 0 Å². The molecule has 0 aliphatic heterocycles. The molecule has 4 rings (SSSR count). The number of nitrogens with one attached hydrogen (secondary N) is 1. The molecule has 0 aliphatic rings. The minimum Gasteiger partial charge on any atom is -0.355 e. The van der Waals surface area contributed by atoms with Gasteiger partial charge in [-0.1, -0.05) is 30.3 Å². The van der Waals surface area contributed by atoms with Crippen molar-refractivity contribution in [2.75, 3.05) is 6.54 Å². The van der Waals surface area contributed by atoms with Gasteiger partial charge in [0.15, 0.2) is 0 Å². The lowest BCUT2D eigenvalue weighted by Crippen LogP contribution is -2.24. The van der Waals surface area contributed by atoms with Crippen LogP contribution in [-0.4, -0.2) is 31.6 Å². The maximum absolute atomic E-state index is 11.3. The zero-order valence-electron chi connectivity index (χ0n) is 15.6. The zero-order chi connectivity index (χ0) is 19.3. The van der Waals surface area contributed by atoms with E-state index in [-0.39, 0.29) is 5.91 Å². The second kappa shape index (κ2) is 7.92. The minimum absolute atomic E-state index is 0.0383. The van der Waals surface area contributed by atoms with Crippen LogP contribution in [0.25, 0.3) is 28.3 Å². The summed E-state index contributed by atoms with van der Waals surface area (Å²) in [5, 5.41) is 2.86. The van der Waals surface area contributed by atoms with Crippen LogP contribution in [0, 0.1) is 0 Å². The highest BCUT2D eigenvalue weighted by atomic mass is 16.1. The third-order valence-electron chi connectivity index (χ3n) is 4.53. The van der Waals surface area contributed by atoms with Crippen LogP contribution in [0.4, 0.5) is 0 Å². The Hall–Kier alpha value is -3.67. The molecule has 0 spiro atoms. The van der Waals surface area contributed by atoms with Gasteiger partial charge in [-0.2, -0.15) is 0 Å². The standard InChI is InChI=1S/C22H21N5O/c1-17(28)24-12-14-26-16-25-21(18-7-3-2-4-8-18)22(26)20-10-6-13-27(20)19-9-5-11-23-15-19/h2-11,13,15-16H,12,14H2,1H3,(H,24,28). The van der Waals surface area contributed by atoms with Gasteiger partial charge in [-0.25, -0.2) is 4.98 Å². The third-order valence-corrected chi connectivity index (χ3v) is 4.53. The summed E-state index contributed by atoms with van der Waals surface area (Å²) >= 11 is 0. The number of rotatable bonds is 6. The highest BCUT2D eigenvalue weighted by molar-refractivity contribution is 5.78. The minimum atomic E-state index is -0.0383. The fourth-order valence-corrected chi connectivity index (χ4v) is 3.28. The molecule has 1 aromatic carbocycles. The Morgan fingerprint density at radius 3 is 2.68 bits per heavy atom. The molecule has 0 saturated heterocycles. The van der Waals surface area contributed by atoms with E-state index in [1.165, 1.54) is 6.92 Å². The average molecular weight is 371 g/mol. The van der Waals surface area contributed by atoms with Crippen molar-refractivity contribution in [3.63, 3.8) is 0 Å². The summed E-state index contributed by atoms with van der Waals surface area (Å²) in [4.78, 5) is 20.2. The molecule has 0 radical (unpaired) electrons. The molecule has 0 saturated carbocycles. The molecule has 3 aromatic heterocycles. The molecule has 0 bridgehead atoms. The van der Waals surface area contributed by atoms with E-state index in [0.717, 1.165) is 28.3 Å². The Kier molecular flexibility index (Phi) is 5.01. The van der Waals surface area contributed by atoms with Crippen molar-refractivity contribution < 1.29 is 4.79 Å². The third kappa shape index (κ3) is 3.57. The van der Waals surface area contributed by atoms with Crippen molar-refractivity contribution in [2.45, 2.75) is 13.5 Å². The van der Waals surface area contributed by atoms with Crippen molar-refractivity contribution in [3.05, 3.63) is 79.5 Å². The second-order valence-corrected chi connectivity index (χ2v) is 6.46. The number of amides is 1. The van der Waals surface area contributed by atoms with E-state index >= 15 is 0 Å². The SMILES string of the molecule is CC(=O)NCCn1cnc(-c2ccccc2)c1-c1cccn1-c1cccnc1. The summed E-state index contributed by atoms with van der Waals surface area (Å²) in [6.07, 6.45) is 7.45. The highest BCUT2D eigenvalue weighted by Gasteiger charge is 2.18. The molecule has 1 amide bonds. The monoisotopic (exact) mass is 371 g/mol. The number of aromatic nitrogens is 4. The molecule has 0 atom stereocenters. The van der Waals surface area contributed by atoms with Crippen molar-refractivity contribution in [1.82, 2.24) is 24.4 Å². The van der Waals surface area contributed by atoms with E-state index < -0.39 is 0 Å². The van der Waals surface area contributed by atoms with Gasteiger partial charge in [-0.15, -0.1) is 0 Å². The number of hydrogen-bond donors (Lipinski definition) is 1. The number of nitrogens with zero attached hydrogens (tertiary/aromatic N) is 4. The van der Waals surface area contributed by atoms with Gasteiger partial charge in [0, 0.05) is 38.0 Å². The molecule has 6 heteroatoms. The van der Waals surface area contributed by atoms with Crippen molar-refractivity contribution in [2.24, 2.45) is 0 Å². The maximum atomic E-state index is 11.3. The number of benzene rings is 1. The van der Waals surface area contributed by atoms with Crippen molar-refractivity contribution >= 4 is 5.91 Å². The van der Waals surface area contributed by atoms with Gasteiger partial charge in [-0.3, -0.25) is 9.78 Å². The Bertz CT molecular complexity index is 1070. The zero-order valence-corrected chi connectivity index (χ0v) is 15.6. The predicted molar refractivity (Wildman–Crippen MR) is 109 cm³/mol. The first-order valence-corrected chi connectivity index (χ1v) is 9.17. The number of carbonyl (C=O) groups is 1. The number of hydrogen-bond acceptors (Lipinski definition) is 3. The molecule has 0 unspecified atom stereocenters. The van der Waals surface area contributed by atoms with Crippen LogP contribution >= 0.6 is 0 Å². The molecule has 28 heavy (non-hydrogen) atoms. The smallest absolute Gasteiger partial charge is 0.216 e. The van der Waals surface area contributed by atoms with Gasteiger partial charge in [-0.05, 0) is 24.3 Å². The van der Waals surface area contributed by atoms with Gasteiger partial charge in [0.25, 0.3) is 0 Å². The topological polar surface area (TPSA) is 64.7 Å². The van der Waals surface area contributed by atoms with Crippen LogP contribution in [0.1, 0.15) is 6.92 Å². The van der Waals surface area contributed by atoms with Gasteiger partial charge >= 0.3 is 0 Å². The van der Waals surface area contributed by atoms with Gasteiger partial charge in [0.05, 0.1) is 35.3 Å². The summed E-state index contributed by atoms with van der Waals surface area (Å²) in [5.74, 6) is -0.0383. The normalized spacial score (nSPS) is 10.8. The number of pyridine rings is 1. The van der Waals surface area contributed by atoms with E-state index in [1.54, 1.807) is 6.20 Å². The maximum Gasteiger partial charge on any atom is 0.216 e. The van der Waals surface area contributed by atoms with Crippen LogP contribution in [0.2, 0.25) is 0 Å². The van der Waals surface area contributed by atoms with Gasteiger partial charge in [0.2, 0.25) is 5.91 Å². The number of imidazole rings is 1. The molecular weight excluding hydrogens is 350 g/mol. The summed E-state index contributed by atoms with van der Waals surface area (Å²) in [6, 6.07) is 18.2. The predicted octanol–water partition coefficient (Wildman–Crippen LogP) is 3.54. The molecular formula is C22H21N5O. The molecule has 6 nitrogen and oxygen atoms in total. The largest absolute Gasteiger partial charge is 0.355 e. The highest BCUT2D eigenvalue weighted by Crippen LogP contribution is 2.32. The van der Waals surface area contributed by atoms with Crippen molar-refractivity contribution in [3.8, 4) is 28.3 Å². The summed E-state index contributed by atoms with van der Waals surface area (Å²) in [6.45, 7) is 2.70. The average Bonchev–Trinajstić information content (AvgIpc) is 3.36. The first-order chi connectivity index (χ1) is 13.7. The lowest BCUT2D eigenvalue weighted by atomic mass is 10.1. The van der Waals surface area contributed by atoms with E-state index in [2.05, 4.69) is 37.6 Å². The molecule has 140 valence electrons. The Morgan fingerprint density at radius 1 is 1.07 bits per heavy atom. The molecule has 0 aliphatic carbocycles. The van der Waals surface area contributed by atoms with Crippen LogP contribution in [0.3, 0.4) is 0 Å². The van der Waals surface area contributed by atoms with E-state index in [4.69, 9.17) is 4.98 Å². The first-order valence-electron chi connectivity index (χ1n) is 9.17. The number of carbonyl (C=O) groups excluding carboxylic acids is 1. The van der Waals surface area contributed by atoms with E-state index in [0.29, 0.717) is 13.1 Å². The summed E-state index contributed by atoms with van der Waals surface area (Å²) < 4.78 is 4.19. The molecule has 1 N–H and O–H groups in total. The summed E-state index contributed by atoms with van der Waals surface area (Å²) in [7, 11) is 0. The van der Waals surface area contributed by atoms with Gasteiger partial charge < -0.3 is 14.5 Å². The molecule has 0 fully saturated rings. The van der Waals surface area contributed by atoms with Crippen LogP contribution < -0.4 is 5.32 Å². The first kappa shape index (κ1) is 17.7. The summed E-state index contributed by atoms with van der Waals surface area (Å²) in [5.41, 5.74) is 4.97. The van der Waals surface area contributed by atoms with E-state index in [9.17, 15) is 4.79 Å². The Labute approximate surface area is 163 Å². The van der Waals surface area contributed by atoms with Crippen LogP contribution in [-0.2, 0) is 11.3 Å². The fourth-order valence-electron chi connectivity index (χ4n) is 3.28. The van der Waals surface area contributed by atoms with Crippen LogP contribution in [0.5, 0.6) is 0 Å². The quantitative estimate of drug-likeness (QED) is 0.564. The lowest BCUT2D eigenvalue weighted by molar-refractivity contribution is -0.118. The lowest BCUT2D eigenvalue weighted by Gasteiger charge is -2.14. The molecule has 4 aromatic rings. The van der Waals surface area contributed by atoms with Gasteiger partial charge in [0.1, 0.15) is 0 Å². The second-order valence-electron chi connectivity index (χ2n) is 6.46. The fraction of sp³-hybridized carbons (Fsp3) is 0.136. The van der Waals surface area contributed by atoms with E-state index in [1.807, 2.05) is 55.1 Å². The Balaban J connectivity index is 1.82. The Morgan fingerprint density at radius 2 is 1.93 bits per heavy atom.